The number of amides is 2. The molecule has 0 spiro atoms. The molecule has 2 aromatic carbocycles. The number of ether oxygens (including phenoxy) is 3. The zero-order chi connectivity index (χ0) is 25.2. The van der Waals surface area contributed by atoms with Crippen molar-refractivity contribution in [3.8, 4) is 17.2 Å². The zero-order valence-corrected chi connectivity index (χ0v) is 21.4. The number of aryl methyl sites for hydroxylation is 1. The van der Waals surface area contributed by atoms with Gasteiger partial charge in [0.05, 0.1) is 26.9 Å². The Morgan fingerprint density at radius 2 is 1.67 bits per heavy atom. The fourth-order valence-corrected chi connectivity index (χ4v) is 6.24. The van der Waals surface area contributed by atoms with Crippen LogP contribution in [0.15, 0.2) is 42.5 Å². The van der Waals surface area contributed by atoms with Crippen molar-refractivity contribution >= 4 is 33.8 Å². The second kappa shape index (κ2) is 10.1. The fraction of sp³-hybridized carbons (Fsp3) is 0.333. The van der Waals surface area contributed by atoms with Crippen molar-refractivity contribution in [3.05, 3.63) is 64.0 Å². The van der Waals surface area contributed by atoms with Crippen molar-refractivity contribution in [1.82, 2.24) is 5.32 Å². The van der Waals surface area contributed by atoms with Crippen molar-refractivity contribution in [3.63, 3.8) is 0 Å². The van der Waals surface area contributed by atoms with Gasteiger partial charge in [0.1, 0.15) is 35.0 Å². The van der Waals surface area contributed by atoms with E-state index in [2.05, 4.69) is 10.6 Å². The lowest BCUT2D eigenvalue weighted by molar-refractivity contribution is -0.115. The molecule has 0 fully saturated rings. The highest BCUT2D eigenvalue weighted by atomic mass is 32.1. The SMILES string of the molecule is COc1ccc(C2NC(=O)c3c(sc4c3CCCC4)N2CC(=O)Nc2cc(OC)cc(OC)c2)cc1. The standard InChI is InChI=1S/C27H29N3O5S/c1-33-18-10-8-16(9-11-18)25-29-26(32)24-21-6-4-5-7-22(21)36-27(24)30(25)15-23(31)28-17-12-19(34-2)14-20(13-17)35-3/h8-14,25H,4-7,15H2,1-3H3,(H,28,31)(H,29,32). The summed E-state index contributed by atoms with van der Waals surface area (Å²) in [6.07, 6.45) is 3.57. The van der Waals surface area contributed by atoms with Gasteiger partial charge >= 0.3 is 0 Å². The van der Waals surface area contributed by atoms with Gasteiger partial charge in [0.25, 0.3) is 5.91 Å². The average molecular weight is 508 g/mol. The van der Waals surface area contributed by atoms with E-state index in [0.717, 1.165) is 53.1 Å². The third-order valence-electron chi connectivity index (χ3n) is 6.60. The number of thiophene rings is 1. The number of nitrogens with zero attached hydrogens (tertiary/aromatic N) is 1. The molecule has 5 rings (SSSR count). The van der Waals surface area contributed by atoms with Crippen LogP contribution in [0.25, 0.3) is 0 Å². The first-order chi connectivity index (χ1) is 17.5. The molecular weight excluding hydrogens is 478 g/mol. The second-order valence-electron chi connectivity index (χ2n) is 8.82. The molecule has 2 N–H and O–H groups in total. The molecule has 0 saturated heterocycles. The molecule has 9 heteroatoms. The van der Waals surface area contributed by atoms with E-state index in [-0.39, 0.29) is 18.4 Å². The number of methoxy groups -OCH3 is 3. The maximum atomic E-state index is 13.3. The van der Waals surface area contributed by atoms with Crippen molar-refractivity contribution in [1.29, 1.82) is 0 Å². The molecule has 2 amide bonds. The Morgan fingerprint density at radius 1 is 1.00 bits per heavy atom. The Hall–Kier alpha value is -3.72. The van der Waals surface area contributed by atoms with Crippen LogP contribution in [0.5, 0.6) is 17.2 Å². The van der Waals surface area contributed by atoms with Crippen LogP contribution in [0, 0.1) is 0 Å². The van der Waals surface area contributed by atoms with E-state index in [1.165, 1.54) is 4.88 Å². The molecule has 0 saturated carbocycles. The van der Waals surface area contributed by atoms with Crippen LogP contribution in [-0.2, 0) is 17.6 Å². The van der Waals surface area contributed by atoms with E-state index in [0.29, 0.717) is 17.2 Å². The molecule has 2 heterocycles. The molecule has 1 aromatic heterocycles. The predicted molar refractivity (Wildman–Crippen MR) is 140 cm³/mol. The summed E-state index contributed by atoms with van der Waals surface area (Å²) in [7, 11) is 4.75. The van der Waals surface area contributed by atoms with Gasteiger partial charge in [-0.15, -0.1) is 11.3 Å². The second-order valence-corrected chi connectivity index (χ2v) is 9.90. The minimum atomic E-state index is -0.485. The number of hydrogen-bond acceptors (Lipinski definition) is 7. The first-order valence-corrected chi connectivity index (χ1v) is 12.7. The number of rotatable bonds is 7. The molecule has 1 aliphatic carbocycles. The lowest BCUT2D eigenvalue weighted by atomic mass is 9.94. The van der Waals surface area contributed by atoms with Gasteiger partial charge in [-0.25, -0.2) is 0 Å². The van der Waals surface area contributed by atoms with Crippen molar-refractivity contribution in [2.75, 3.05) is 38.1 Å². The summed E-state index contributed by atoms with van der Waals surface area (Å²) in [5.74, 6) is 1.60. The maximum Gasteiger partial charge on any atom is 0.256 e. The molecule has 8 nitrogen and oxygen atoms in total. The topological polar surface area (TPSA) is 89.1 Å². The van der Waals surface area contributed by atoms with E-state index in [9.17, 15) is 9.59 Å². The molecule has 1 unspecified atom stereocenters. The van der Waals surface area contributed by atoms with Gasteiger partial charge in [0.2, 0.25) is 5.91 Å². The largest absolute Gasteiger partial charge is 0.497 e. The molecule has 3 aromatic rings. The van der Waals surface area contributed by atoms with Crippen molar-refractivity contribution in [2.45, 2.75) is 31.8 Å². The summed E-state index contributed by atoms with van der Waals surface area (Å²) in [5, 5.41) is 6.97. The summed E-state index contributed by atoms with van der Waals surface area (Å²) in [5.41, 5.74) is 3.30. The van der Waals surface area contributed by atoms with Gasteiger partial charge in [0, 0.05) is 28.8 Å². The monoisotopic (exact) mass is 507 g/mol. The fourth-order valence-electron chi connectivity index (χ4n) is 4.83. The van der Waals surface area contributed by atoms with Crippen LogP contribution < -0.4 is 29.7 Å². The van der Waals surface area contributed by atoms with Crippen LogP contribution in [-0.4, -0.2) is 39.7 Å². The normalized spacial score (nSPS) is 16.5. The molecule has 0 radical (unpaired) electrons. The number of fused-ring (bicyclic) bond motifs is 3. The third-order valence-corrected chi connectivity index (χ3v) is 7.93. The summed E-state index contributed by atoms with van der Waals surface area (Å²) in [6, 6.07) is 12.8. The molecule has 1 aliphatic heterocycles. The zero-order valence-electron chi connectivity index (χ0n) is 20.6. The Kier molecular flexibility index (Phi) is 6.73. The minimum Gasteiger partial charge on any atom is -0.497 e. The summed E-state index contributed by atoms with van der Waals surface area (Å²) in [4.78, 5) is 29.9. The predicted octanol–water partition coefficient (Wildman–Crippen LogP) is 4.54. The minimum absolute atomic E-state index is 0.0584. The molecule has 0 bridgehead atoms. The van der Waals surface area contributed by atoms with Crippen LogP contribution in [0.1, 0.15) is 45.4 Å². The summed E-state index contributed by atoms with van der Waals surface area (Å²) >= 11 is 1.64. The van der Waals surface area contributed by atoms with Gasteiger partial charge < -0.3 is 29.7 Å². The van der Waals surface area contributed by atoms with Crippen LogP contribution >= 0.6 is 11.3 Å². The van der Waals surface area contributed by atoms with Crippen molar-refractivity contribution < 1.29 is 23.8 Å². The van der Waals surface area contributed by atoms with E-state index in [1.54, 1.807) is 50.9 Å². The van der Waals surface area contributed by atoms with Gasteiger partial charge in [0.15, 0.2) is 0 Å². The average Bonchev–Trinajstić information content (AvgIpc) is 3.30. The lowest BCUT2D eigenvalue weighted by Gasteiger charge is -2.37. The van der Waals surface area contributed by atoms with E-state index in [4.69, 9.17) is 14.2 Å². The molecule has 2 aliphatic rings. The quantitative estimate of drug-likeness (QED) is 0.488. The van der Waals surface area contributed by atoms with E-state index < -0.39 is 6.17 Å². The number of carbonyl (C=O) groups is 2. The molecular formula is C27H29N3O5S. The summed E-state index contributed by atoms with van der Waals surface area (Å²) < 4.78 is 16.0. The highest BCUT2D eigenvalue weighted by molar-refractivity contribution is 7.16. The van der Waals surface area contributed by atoms with Gasteiger partial charge in [-0.2, -0.15) is 0 Å². The highest BCUT2D eigenvalue weighted by Crippen LogP contribution is 2.45. The van der Waals surface area contributed by atoms with Crippen LogP contribution in [0.3, 0.4) is 0 Å². The van der Waals surface area contributed by atoms with E-state index in [1.807, 2.05) is 29.2 Å². The van der Waals surface area contributed by atoms with Crippen LogP contribution in [0.2, 0.25) is 0 Å². The molecule has 188 valence electrons. The van der Waals surface area contributed by atoms with Gasteiger partial charge in [-0.1, -0.05) is 12.1 Å². The Balaban J connectivity index is 1.49. The van der Waals surface area contributed by atoms with E-state index >= 15 is 0 Å². The maximum absolute atomic E-state index is 13.3. The molecule has 36 heavy (non-hydrogen) atoms. The Bertz CT molecular complexity index is 1270. The third kappa shape index (κ3) is 4.58. The Morgan fingerprint density at radius 3 is 2.33 bits per heavy atom. The first kappa shape index (κ1) is 24.0. The number of nitrogens with one attached hydrogen (secondary N) is 2. The smallest absolute Gasteiger partial charge is 0.256 e. The van der Waals surface area contributed by atoms with Crippen LogP contribution in [0.4, 0.5) is 10.7 Å². The van der Waals surface area contributed by atoms with Gasteiger partial charge in [-0.3, -0.25) is 9.59 Å². The number of hydrogen-bond donors (Lipinski definition) is 2. The highest BCUT2D eigenvalue weighted by Gasteiger charge is 2.38. The Labute approximate surface area is 214 Å². The van der Waals surface area contributed by atoms with Crippen molar-refractivity contribution in [2.24, 2.45) is 0 Å². The summed E-state index contributed by atoms with van der Waals surface area (Å²) in [6.45, 7) is 0.0584. The lowest BCUT2D eigenvalue weighted by Crippen LogP contribution is -2.48. The van der Waals surface area contributed by atoms with Gasteiger partial charge in [-0.05, 0) is 48.9 Å². The first-order valence-electron chi connectivity index (χ1n) is 11.9. The number of carbonyl (C=O) groups excluding carboxylic acids is 2. The number of benzene rings is 2. The number of anilines is 2. The molecule has 1 atom stereocenters.